The molecule has 0 fully saturated rings. The van der Waals surface area contributed by atoms with Crippen molar-refractivity contribution in [1.29, 1.82) is 0 Å². The first-order chi connectivity index (χ1) is 8.38. The monoisotopic (exact) mass is 226 g/mol. The summed E-state index contributed by atoms with van der Waals surface area (Å²) in [4.78, 5) is 8.47. The first kappa shape index (κ1) is 9.84. The van der Waals surface area contributed by atoms with Gasteiger partial charge in [-0.05, 0) is 24.3 Å². The fourth-order valence-corrected chi connectivity index (χ4v) is 1.76. The van der Waals surface area contributed by atoms with Gasteiger partial charge in [0.2, 0.25) is 0 Å². The second-order valence-corrected chi connectivity index (χ2v) is 3.57. The minimum atomic E-state index is 0.605. The number of hydrogen-bond donors (Lipinski definition) is 0. The van der Waals surface area contributed by atoms with E-state index in [2.05, 4.69) is 9.97 Å². The lowest BCUT2D eigenvalue weighted by Gasteiger charge is -2.06. The summed E-state index contributed by atoms with van der Waals surface area (Å²) in [6.07, 6.45) is 1.39. The van der Waals surface area contributed by atoms with Crippen LogP contribution in [0.15, 0.2) is 47.2 Å². The Morgan fingerprint density at radius 1 is 1.12 bits per heavy atom. The number of methoxy groups -OCH3 is 1. The predicted octanol–water partition coefficient (Wildman–Crippen LogP) is 2.90. The number of aromatic nitrogens is 2. The number of rotatable bonds is 2. The molecule has 0 saturated heterocycles. The van der Waals surface area contributed by atoms with Gasteiger partial charge in [0, 0.05) is 5.56 Å². The summed E-state index contributed by atoms with van der Waals surface area (Å²) >= 11 is 0. The van der Waals surface area contributed by atoms with Crippen LogP contribution in [0.2, 0.25) is 0 Å². The van der Waals surface area contributed by atoms with Crippen molar-refractivity contribution >= 4 is 11.2 Å². The van der Waals surface area contributed by atoms with E-state index < -0.39 is 0 Å². The molecule has 0 atom stereocenters. The summed E-state index contributed by atoms with van der Waals surface area (Å²) in [6, 6.07) is 11.5. The third-order valence-electron chi connectivity index (χ3n) is 2.58. The topological polar surface area (TPSA) is 48.2 Å². The quantitative estimate of drug-likeness (QED) is 0.674. The lowest BCUT2D eigenvalue weighted by atomic mass is 10.1. The molecule has 3 rings (SSSR count). The highest BCUT2D eigenvalue weighted by atomic mass is 16.5. The number of ether oxygens (including phenoxy) is 1. The molecule has 0 unspecified atom stereocenters. The maximum Gasteiger partial charge on any atom is 0.199 e. The van der Waals surface area contributed by atoms with Crippen LogP contribution in [-0.4, -0.2) is 17.1 Å². The van der Waals surface area contributed by atoms with Gasteiger partial charge < -0.3 is 9.15 Å². The number of pyridine rings is 1. The molecule has 2 aromatic heterocycles. The summed E-state index contributed by atoms with van der Waals surface area (Å²) in [6.45, 7) is 0. The van der Waals surface area contributed by atoms with E-state index in [1.54, 1.807) is 7.11 Å². The molecule has 0 spiro atoms. The van der Waals surface area contributed by atoms with Crippen LogP contribution in [0.4, 0.5) is 0 Å². The Morgan fingerprint density at radius 2 is 2.00 bits per heavy atom. The molecule has 0 saturated carbocycles. The molecule has 4 heteroatoms. The van der Waals surface area contributed by atoms with Gasteiger partial charge in [-0.15, -0.1) is 0 Å². The molecule has 0 aliphatic rings. The van der Waals surface area contributed by atoms with E-state index in [-0.39, 0.29) is 0 Å². The van der Waals surface area contributed by atoms with Crippen molar-refractivity contribution in [3.05, 3.63) is 42.8 Å². The highest BCUT2D eigenvalue weighted by molar-refractivity contribution is 5.75. The van der Waals surface area contributed by atoms with Crippen LogP contribution in [0, 0.1) is 0 Å². The van der Waals surface area contributed by atoms with Gasteiger partial charge in [0.05, 0.1) is 12.8 Å². The van der Waals surface area contributed by atoms with E-state index in [9.17, 15) is 0 Å². The number of benzene rings is 1. The van der Waals surface area contributed by atoms with Crippen molar-refractivity contribution in [1.82, 2.24) is 9.97 Å². The van der Waals surface area contributed by atoms with Crippen LogP contribution < -0.4 is 4.74 Å². The highest BCUT2D eigenvalue weighted by Crippen LogP contribution is 2.28. The standard InChI is InChI=1S/C13H10N2O2/c1-16-11-5-3-2-4-9(11)10-6-7-12-13(15-10)14-8-17-12/h2-8H,1H3. The van der Waals surface area contributed by atoms with Gasteiger partial charge in [-0.25, -0.2) is 4.98 Å². The number of hydrogen-bond acceptors (Lipinski definition) is 4. The maximum atomic E-state index is 5.31. The Balaban J connectivity index is 2.19. The van der Waals surface area contributed by atoms with Crippen LogP contribution in [0.1, 0.15) is 0 Å². The van der Waals surface area contributed by atoms with Gasteiger partial charge in [0.25, 0.3) is 0 Å². The maximum absolute atomic E-state index is 5.31. The van der Waals surface area contributed by atoms with E-state index in [0.717, 1.165) is 17.0 Å². The van der Waals surface area contributed by atoms with Crippen molar-refractivity contribution < 1.29 is 9.15 Å². The average Bonchev–Trinajstić information content (AvgIpc) is 2.85. The van der Waals surface area contributed by atoms with Gasteiger partial charge in [-0.1, -0.05) is 12.1 Å². The van der Waals surface area contributed by atoms with Crippen molar-refractivity contribution in [2.75, 3.05) is 7.11 Å². The molecule has 0 aliphatic heterocycles. The molecule has 4 nitrogen and oxygen atoms in total. The first-order valence-electron chi connectivity index (χ1n) is 5.22. The molecule has 2 heterocycles. The van der Waals surface area contributed by atoms with E-state index in [1.807, 2.05) is 36.4 Å². The molecular formula is C13H10N2O2. The Labute approximate surface area is 97.9 Å². The molecule has 17 heavy (non-hydrogen) atoms. The van der Waals surface area contributed by atoms with Crippen LogP contribution in [0.5, 0.6) is 5.75 Å². The van der Waals surface area contributed by atoms with Crippen molar-refractivity contribution in [3.8, 4) is 17.0 Å². The third-order valence-corrected chi connectivity index (χ3v) is 2.58. The van der Waals surface area contributed by atoms with E-state index in [0.29, 0.717) is 11.2 Å². The van der Waals surface area contributed by atoms with Gasteiger partial charge in [0.1, 0.15) is 5.75 Å². The normalized spacial score (nSPS) is 10.6. The lowest BCUT2D eigenvalue weighted by Crippen LogP contribution is -1.89. The Morgan fingerprint density at radius 3 is 2.88 bits per heavy atom. The molecule has 0 bridgehead atoms. The second kappa shape index (κ2) is 3.90. The average molecular weight is 226 g/mol. The zero-order chi connectivity index (χ0) is 11.7. The highest BCUT2D eigenvalue weighted by Gasteiger charge is 2.08. The summed E-state index contributed by atoms with van der Waals surface area (Å²) < 4.78 is 10.5. The molecular weight excluding hydrogens is 216 g/mol. The molecule has 0 N–H and O–H groups in total. The minimum Gasteiger partial charge on any atom is -0.496 e. The predicted molar refractivity (Wildman–Crippen MR) is 63.8 cm³/mol. The van der Waals surface area contributed by atoms with Crippen LogP contribution in [-0.2, 0) is 0 Å². The smallest absolute Gasteiger partial charge is 0.199 e. The number of nitrogens with zero attached hydrogens (tertiary/aromatic N) is 2. The molecule has 0 amide bonds. The van der Waals surface area contributed by atoms with Crippen molar-refractivity contribution in [2.24, 2.45) is 0 Å². The van der Waals surface area contributed by atoms with Crippen molar-refractivity contribution in [3.63, 3.8) is 0 Å². The second-order valence-electron chi connectivity index (χ2n) is 3.57. The van der Waals surface area contributed by atoms with Crippen LogP contribution in [0.25, 0.3) is 22.5 Å². The molecule has 3 aromatic rings. The Hall–Kier alpha value is -2.36. The largest absolute Gasteiger partial charge is 0.496 e. The third kappa shape index (κ3) is 1.63. The van der Waals surface area contributed by atoms with Gasteiger partial charge in [-0.2, -0.15) is 4.98 Å². The molecule has 0 aliphatic carbocycles. The molecule has 84 valence electrons. The van der Waals surface area contributed by atoms with E-state index >= 15 is 0 Å². The fourth-order valence-electron chi connectivity index (χ4n) is 1.76. The SMILES string of the molecule is COc1ccccc1-c1ccc2ocnc2n1. The zero-order valence-electron chi connectivity index (χ0n) is 9.25. The van der Waals surface area contributed by atoms with Crippen molar-refractivity contribution in [2.45, 2.75) is 0 Å². The summed E-state index contributed by atoms with van der Waals surface area (Å²) in [5, 5.41) is 0. The molecule has 0 radical (unpaired) electrons. The first-order valence-corrected chi connectivity index (χ1v) is 5.22. The molecule has 1 aromatic carbocycles. The summed E-state index contributed by atoms with van der Waals surface area (Å²) in [7, 11) is 1.65. The van der Waals surface area contributed by atoms with Gasteiger partial charge in [0.15, 0.2) is 17.6 Å². The summed E-state index contributed by atoms with van der Waals surface area (Å²) in [5.74, 6) is 0.794. The Bertz CT molecular complexity index is 661. The van der Waals surface area contributed by atoms with Gasteiger partial charge >= 0.3 is 0 Å². The van der Waals surface area contributed by atoms with Crippen LogP contribution in [0.3, 0.4) is 0 Å². The summed E-state index contributed by atoms with van der Waals surface area (Å²) in [5.41, 5.74) is 3.06. The van der Waals surface area contributed by atoms with Crippen LogP contribution >= 0.6 is 0 Å². The fraction of sp³-hybridized carbons (Fsp3) is 0.0769. The Kier molecular flexibility index (Phi) is 2.26. The lowest BCUT2D eigenvalue weighted by molar-refractivity contribution is 0.416. The minimum absolute atomic E-state index is 0.605. The number of para-hydroxylation sites is 1. The van der Waals surface area contributed by atoms with E-state index in [4.69, 9.17) is 9.15 Å². The van der Waals surface area contributed by atoms with Gasteiger partial charge in [-0.3, -0.25) is 0 Å². The zero-order valence-corrected chi connectivity index (χ0v) is 9.25. The number of oxazole rings is 1. The number of fused-ring (bicyclic) bond motifs is 1. The van der Waals surface area contributed by atoms with E-state index in [1.165, 1.54) is 6.39 Å².